The number of hydrogen-bond acceptors (Lipinski definition) is 5. The summed E-state index contributed by atoms with van der Waals surface area (Å²) in [7, 11) is 1.28. The Morgan fingerprint density at radius 2 is 1.61 bits per heavy atom. The van der Waals surface area contributed by atoms with E-state index in [1.165, 1.54) is 7.11 Å². The molecule has 31 heavy (non-hydrogen) atoms. The van der Waals surface area contributed by atoms with E-state index in [0.29, 0.717) is 12.1 Å². The zero-order chi connectivity index (χ0) is 22.9. The van der Waals surface area contributed by atoms with Crippen molar-refractivity contribution in [3.63, 3.8) is 0 Å². The van der Waals surface area contributed by atoms with Gasteiger partial charge in [0.2, 0.25) is 5.91 Å². The van der Waals surface area contributed by atoms with E-state index in [0.717, 1.165) is 11.1 Å². The van der Waals surface area contributed by atoms with Crippen molar-refractivity contribution >= 4 is 23.7 Å². The SMILES string of the molecule is COC(=O)CCC(NC(=O)OC(C)(C)C)C(=O)Nc1ccccc1Cc1ccccc1. The molecule has 7 heteroatoms. The summed E-state index contributed by atoms with van der Waals surface area (Å²) in [5.41, 5.74) is 1.98. The number of methoxy groups -OCH3 is 1. The molecule has 0 saturated carbocycles. The number of carbonyl (C=O) groups is 3. The number of alkyl carbamates (subject to hydrolysis) is 1. The van der Waals surface area contributed by atoms with Gasteiger partial charge in [-0.1, -0.05) is 48.5 Å². The fourth-order valence-electron chi connectivity index (χ4n) is 2.91. The third kappa shape index (κ3) is 8.50. The number of ether oxygens (including phenoxy) is 2. The molecule has 1 unspecified atom stereocenters. The summed E-state index contributed by atoms with van der Waals surface area (Å²) in [6.45, 7) is 5.20. The second-order valence-electron chi connectivity index (χ2n) is 8.12. The van der Waals surface area contributed by atoms with Crippen molar-refractivity contribution < 1.29 is 23.9 Å². The maximum atomic E-state index is 13.0. The number of hydrogen-bond donors (Lipinski definition) is 2. The maximum Gasteiger partial charge on any atom is 0.408 e. The van der Waals surface area contributed by atoms with Crippen LogP contribution in [-0.4, -0.2) is 36.7 Å². The molecule has 0 aliphatic rings. The van der Waals surface area contributed by atoms with Gasteiger partial charge in [-0.25, -0.2) is 4.79 Å². The minimum Gasteiger partial charge on any atom is -0.469 e. The van der Waals surface area contributed by atoms with E-state index in [1.54, 1.807) is 26.8 Å². The second-order valence-corrected chi connectivity index (χ2v) is 8.12. The van der Waals surface area contributed by atoms with E-state index in [1.807, 2.05) is 48.5 Å². The van der Waals surface area contributed by atoms with E-state index in [9.17, 15) is 14.4 Å². The third-order valence-corrected chi connectivity index (χ3v) is 4.38. The normalized spacial score (nSPS) is 11.9. The Hall–Kier alpha value is -3.35. The van der Waals surface area contributed by atoms with Gasteiger partial charge in [-0.15, -0.1) is 0 Å². The van der Waals surface area contributed by atoms with Crippen molar-refractivity contribution in [2.45, 2.75) is 51.7 Å². The fourth-order valence-corrected chi connectivity index (χ4v) is 2.91. The van der Waals surface area contributed by atoms with Crippen LogP contribution in [0.25, 0.3) is 0 Å². The van der Waals surface area contributed by atoms with Gasteiger partial charge in [0.15, 0.2) is 0 Å². The standard InChI is InChI=1S/C24H30N2O5/c1-24(2,3)31-23(29)26-20(14-15-21(27)30-4)22(28)25-19-13-9-8-12-18(19)16-17-10-6-5-7-11-17/h5-13,20H,14-16H2,1-4H3,(H,25,28)(H,26,29). The quantitative estimate of drug-likeness (QED) is 0.621. The molecule has 166 valence electrons. The molecule has 2 aromatic carbocycles. The first-order chi connectivity index (χ1) is 14.7. The van der Waals surface area contributed by atoms with Gasteiger partial charge in [0.25, 0.3) is 0 Å². The van der Waals surface area contributed by atoms with Gasteiger partial charge >= 0.3 is 12.1 Å². The summed E-state index contributed by atoms with van der Waals surface area (Å²) in [5.74, 6) is -0.899. The Labute approximate surface area is 183 Å². The summed E-state index contributed by atoms with van der Waals surface area (Å²) in [4.78, 5) is 36.8. The van der Waals surface area contributed by atoms with E-state index < -0.39 is 29.6 Å². The lowest BCUT2D eigenvalue weighted by Gasteiger charge is -2.23. The molecule has 1 atom stereocenters. The maximum absolute atomic E-state index is 13.0. The Morgan fingerprint density at radius 3 is 2.26 bits per heavy atom. The van der Waals surface area contributed by atoms with Crippen LogP contribution in [0.1, 0.15) is 44.7 Å². The van der Waals surface area contributed by atoms with E-state index >= 15 is 0 Å². The molecule has 0 fully saturated rings. The number of carbonyl (C=O) groups excluding carboxylic acids is 3. The molecule has 0 aliphatic carbocycles. The zero-order valence-corrected chi connectivity index (χ0v) is 18.4. The molecule has 2 amide bonds. The molecule has 7 nitrogen and oxygen atoms in total. The van der Waals surface area contributed by atoms with Crippen LogP contribution in [0.5, 0.6) is 0 Å². The first-order valence-electron chi connectivity index (χ1n) is 10.2. The molecular formula is C24H30N2O5. The van der Waals surface area contributed by atoms with Crippen LogP contribution in [0.2, 0.25) is 0 Å². The summed E-state index contributed by atoms with van der Waals surface area (Å²) in [6, 6.07) is 16.4. The summed E-state index contributed by atoms with van der Waals surface area (Å²) >= 11 is 0. The highest BCUT2D eigenvalue weighted by Gasteiger charge is 2.25. The molecule has 2 N–H and O–H groups in total. The van der Waals surface area contributed by atoms with Crippen LogP contribution >= 0.6 is 0 Å². The smallest absolute Gasteiger partial charge is 0.408 e. The van der Waals surface area contributed by atoms with Gasteiger partial charge in [-0.3, -0.25) is 9.59 Å². The van der Waals surface area contributed by atoms with Gasteiger partial charge in [-0.05, 0) is 50.8 Å². The summed E-state index contributed by atoms with van der Waals surface area (Å²) < 4.78 is 9.91. The highest BCUT2D eigenvalue weighted by atomic mass is 16.6. The van der Waals surface area contributed by atoms with Crippen LogP contribution in [0, 0.1) is 0 Å². The van der Waals surface area contributed by atoms with Crippen LogP contribution in [-0.2, 0) is 25.5 Å². The molecule has 0 saturated heterocycles. The summed E-state index contributed by atoms with van der Waals surface area (Å²) in [6.07, 6.45) is -0.0202. The van der Waals surface area contributed by atoms with Crippen molar-refractivity contribution in [3.8, 4) is 0 Å². The van der Waals surface area contributed by atoms with E-state index in [4.69, 9.17) is 4.74 Å². The molecule has 0 spiro atoms. The van der Waals surface area contributed by atoms with Crippen LogP contribution in [0.4, 0.5) is 10.5 Å². The van der Waals surface area contributed by atoms with E-state index in [2.05, 4.69) is 15.4 Å². The van der Waals surface area contributed by atoms with Gasteiger partial charge in [0.1, 0.15) is 11.6 Å². The lowest BCUT2D eigenvalue weighted by molar-refractivity contribution is -0.140. The predicted molar refractivity (Wildman–Crippen MR) is 119 cm³/mol. The average Bonchev–Trinajstić information content (AvgIpc) is 2.71. The number of nitrogens with one attached hydrogen (secondary N) is 2. The minimum absolute atomic E-state index is 0.0178. The Morgan fingerprint density at radius 1 is 0.968 bits per heavy atom. The monoisotopic (exact) mass is 426 g/mol. The third-order valence-electron chi connectivity index (χ3n) is 4.38. The first kappa shape index (κ1) is 23.9. The van der Waals surface area contributed by atoms with Gasteiger partial charge in [0, 0.05) is 12.1 Å². The van der Waals surface area contributed by atoms with E-state index in [-0.39, 0.29) is 12.8 Å². The number of para-hydroxylation sites is 1. The average molecular weight is 427 g/mol. The van der Waals surface area contributed by atoms with Crippen LogP contribution in [0.3, 0.4) is 0 Å². The highest BCUT2D eigenvalue weighted by Crippen LogP contribution is 2.20. The van der Waals surface area contributed by atoms with Crippen molar-refractivity contribution in [1.29, 1.82) is 0 Å². The van der Waals surface area contributed by atoms with Crippen molar-refractivity contribution in [3.05, 3.63) is 65.7 Å². The topological polar surface area (TPSA) is 93.7 Å². The number of anilines is 1. The van der Waals surface area contributed by atoms with Gasteiger partial charge in [-0.2, -0.15) is 0 Å². The number of esters is 1. The predicted octanol–water partition coefficient (Wildman–Crippen LogP) is 4.06. The Balaban J connectivity index is 2.14. The zero-order valence-electron chi connectivity index (χ0n) is 18.4. The molecule has 2 aromatic rings. The fraction of sp³-hybridized carbons (Fsp3) is 0.375. The first-order valence-corrected chi connectivity index (χ1v) is 10.2. The lowest BCUT2D eigenvalue weighted by atomic mass is 10.0. The molecule has 0 aliphatic heterocycles. The highest BCUT2D eigenvalue weighted by molar-refractivity contribution is 5.97. The second kappa shape index (κ2) is 11.2. The molecule has 0 heterocycles. The Bertz CT molecular complexity index is 890. The largest absolute Gasteiger partial charge is 0.469 e. The van der Waals surface area contributed by atoms with Crippen molar-refractivity contribution in [2.75, 3.05) is 12.4 Å². The molecule has 2 rings (SSSR count). The minimum atomic E-state index is -0.960. The van der Waals surface area contributed by atoms with Crippen LogP contribution in [0.15, 0.2) is 54.6 Å². The number of rotatable bonds is 8. The summed E-state index contributed by atoms with van der Waals surface area (Å²) in [5, 5.41) is 5.44. The lowest BCUT2D eigenvalue weighted by Crippen LogP contribution is -2.46. The van der Waals surface area contributed by atoms with Gasteiger partial charge < -0.3 is 20.1 Å². The van der Waals surface area contributed by atoms with Crippen LogP contribution < -0.4 is 10.6 Å². The van der Waals surface area contributed by atoms with Crippen molar-refractivity contribution in [1.82, 2.24) is 5.32 Å². The molecule has 0 radical (unpaired) electrons. The molecule has 0 aromatic heterocycles. The van der Waals surface area contributed by atoms with Gasteiger partial charge in [0.05, 0.1) is 7.11 Å². The molecule has 0 bridgehead atoms. The number of benzene rings is 2. The Kier molecular flexibility index (Phi) is 8.61. The number of amides is 2. The molecular weight excluding hydrogens is 396 g/mol. The van der Waals surface area contributed by atoms with Crippen molar-refractivity contribution in [2.24, 2.45) is 0 Å².